The molecule has 3 atom stereocenters. The summed E-state index contributed by atoms with van der Waals surface area (Å²) in [5.74, 6) is -3.62. The van der Waals surface area contributed by atoms with Crippen molar-refractivity contribution in [2.24, 2.45) is 11.8 Å². The molecule has 0 spiro atoms. The molecule has 1 N–H and O–H groups in total. The highest BCUT2D eigenvalue weighted by Crippen LogP contribution is 2.49. The van der Waals surface area contributed by atoms with Crippen molar-refractivity contribution >= 4 is 17.6 Å². The minimum atomic E-state index is -4.98. The summed E-state index contributed by atoms with van der Waals surface area (Å²) in [7, 11) is 0. The van der Waals surface area contributed by atoms with Crippen LogP contribution in [0, 0.1) is 23.2 Å². The number of carboxylic acids is 1. The number of carboxylic acid groups (broad SMARTS) is 1. The van der Waals surface area contributed by atoms with E-state index in [1.807, 2.05) is 0 Å². The first kappa shape index (κ1) is 25.7. The topological polar surface area (TPSA) is 64.3 Å². The highest BCUT2D eigenvalue weighted by atomic mass is 35.5. The van der Waals surface area contributed by atoms with E-state index in [9.17, 15) is 41.5 Å². The Morgan fingerprint density at radius 1 is 1.21 bits per heavy atom. The van der Waals surface area contributed by atoms with Gasteiger partial charge in [0.2, 0.25) is 0 Å². The molecule has 0 bridgehead atoms. The first-order valence-electron chi connectivity index (χ1n) is 10.1. The number of rotatable bonds is 5. The second kappa shape index (κ2) is 8.69. The zero-order valence-electron chi connectivity index (χ0n) is 17.9. The number of nitrogens with zero attached hydrogens (tertiary/aromatic N) is 2. The van der Waals surface area contributed by atoms with Gasteiger partial charge in [-0.25, -0.2) is 0 Å². The molecule has 0 saturated heterocycles. The number of benzene rings is 1. The summed E-state index contributed by atoms with van der Waals surface area (Å²) < 4.78 is 79.8. The summed E-state index contributed by atoms with van der Waals surface area (Å²) >= 11 is 6.41. The van der Waals surface area contributed by atoms with Crippen LogP contribution in [-0.4, -0.2) is 21.5 Å². The van der Waals surface area contributed by atoms with Crippen LogP contribution >= 0.6 is 11.6 Å². The fourth-order valence-electron chi connectivity index (χ4n) is 4.35. The third-order valence-electron chi connectivity index (χ3n) is 6.17. The Bertz CT molecular complexity index is 1110. The van der Waals surface area contributed by atoms with Gasteiger partial charge in [-0.15, -0.1) is 0 Å². The lowest BCUT2D eigenvalue weighted by molar-refractivity contribution is -0.143. The molecule has 3 unspecified atom stereocenters. The molecule has 1 aromatic rings. The molecule has 1 heterocycles. The molecule has 11 heteroatoms. The summed E-state index contributed by atoms with van der Waals surface area (Å²) in [5.41, 5.74) is -3.14. The van der Waals surface area contributed by atoms with Crippen LogP contribution in [0.5, 0.6) is 0 Å². The van der Waals surface area contributed by atoms with E-state index in [0.717, 1.165) is 0 Å². The van der Waals surface area contributed by atoms with Crippen LogP contribution in [0.3, 0.4) is 0 Å². The number of aliphatic carboxylic acids is 1. The molecular formula is C23H19ClF6N2O2. The van der Waals surface area contributed by atoms with Crippen LogP contribution in [0.4, 0.5) is 26.3 Å². The van der Waals surface area contributed by atoms with Crippen molar-refractivity contribution in [1.29, 1.82) is 5.26 Å². The maximum atomic E-state index is 13.3. The smallest absolute Gasteiger partial charge is 0.416 e. The zero-order chi connectivity index (χ0) is 25.6. The third kappa shape index (κ3) is 4.67. The van der Waals surface area contributed by atoms with Crippen molar-refractivity contribution in [3.8, 4) is 6.07 Å². The van der Waals surface area contributed by atoms with Crippen LogP contribution in [0.2, 0.25) is 0 Å². The van der Waals surface area contributed by atoms with Gasteiger partial charge < -0.3 is 10.0 Å². The first-order chi connectivity index (χ1) is 15.6. The van der Waals surface area contributed by atoms with Gasteiger partial charge in [-0.3, -0.25) is 4.79 Å². The van der Waals surface area contributed by atoms with Crippen molar-refractivity contribution in [3.63, 3.8) is 0 Å². The summed E-state index contributed by atoms with van der Waals surface area (Å²) in [6.45, 7) is 2.90. The Kier molecular flexibility index (Phi) is 6.57. The average molecular weight is 505 g/mol. The monoisotopic (exact) mass is 504 g/mol. The summed E-state index contributed by atoms with van der Waals surface area (Å²) in [6, 6.07) is 3.10. The molecule has 4 nitrogen and oxygen atoms in total. The Morgan fingerprint density at radius 3 is 2.24 bits per heavy atom. The molecule has 1 aliphatic carbocycles. The van der Waals surface area contributed by atoms with Gasteiger partial charge in [0.1, 0.15) is 0 Å². The standard InChI is InChI=1S/C23H19ClF6N2O2/c1-12(16(9-31)20(33)34)17-11-32(21(2)5-3-4-18(24)19(17)21)10-13-6-14(22(25,26)27)8-15(7-13)23(28,29)30/h3-4,6-8,11-12,16H,5,10H2,1-2H3,(H,33,34). The molecule has 1 aliphatic heterocycles. The predicted octanol–water partition coefficient (Wildman–Crippen LogP) is 6.50. The highest BCUT2D eigenvalue weighted by molar-refractivity contribution is 6.32. The number of fused-ring (bicyclic) bond motifs is 1. The van der Waals surface area contributed by atoms with Gasteiger partial charge >= 0.3 is 18.3 Å². The highest BCUT2D eigenvalue weighted by Gasteiger charge is 2.46. The normalized spacial score (nSPS) is 22.2. The number of halogens is 7. The van der Waals surface area contributed by atoms with Gasteiger partial charge in [0.25, 0.3) is 0 Å². The Balaban J connectivity index is 2.11. The fourth-order valence-corrected chi connectivity index (χ4v) is 4.75. The number of alkyl halides is 6. The van der Waals surface area contributed by atoms with E-state index in [4.69, 9.17) is 11.6 Å². The van der Waals surface area contributed by atoms with E-state index in [1.165, 1.54) is 13.1 Å². The molecule has 3 rings (SSSR count). The second-order valence-corrected chi connectivity index (χ2v) is 8.87. The van der Waals surface area contributed by atoms with Crippen LogP contribution < -0.4 is 0 Å². The first-order valence-corrected chi connectivity index (χ1v) is 10.4. The minimum absolute atomic E-state index is 0.0639. The Labute approximate surface area is 196 Å². The van der Waals surface area contributed by atoms with Crippen LogP contribution in [0.1, 0.15) is 37.0 Å². The molecular weight excluding hydrogens is 486 g/mol. The largest absolute Gasteiger partial charge is 0.480 e. The van der Waals surface area contributed by atoms with E-state index in [1.54, 1.807) is 30.0 Å². The van der Waals surface area contributed by atoms with Crippen LogP contribution in [0.15, 0.2) is 52.7 Å². The molecule has 2 aliphatic rings. The van der Waals surface area contributed by atoms with Crippen molar-refractivity contribution in [1.82, 2.24) is 4.90 Å². The second-order valence-electron chi connectivity index (χ2n) is 8.46. The van der Waals surface area contributed by atoms with Gasteiger partial charge in [0, 0.05) is 29.3 Å². The van der Waals surface area contributed by atoms with E-state index >= 15 is 0 Å². The van der Waals surface area contributed by atoms with Crippen molar-refractivity contribution in [2.75, 3.05) is 0 Å². The lowest BCUT2D eigenvalue weighted by atomic mass is 9.76. The van der Waals surface area contributed by atoms with E-state index in [0.29, 0.717) is 29.7 Å². The molecule has 0 amide bonds. The van der Waals surface area contributed by atoms with Crippen molar-refractivity contribution in [2.45, 2.75) is 44.7 Å². The molecule has 0 radical (unpaired) electrons. The van der Waals surface area contributed by atoms with Crippen LogP contribution in [-0.2, 0) is 23.7 Å². The molecule has 1 aromatic carbocycles. The average Bonchev–Trinajstić information content (AvgIpc) is 3.00. The summed E-state index contributed by atoms with van der Waals surface area (Å²) in [5, 5.41) is 19.0. The van der Waals surface area contributed by atoms with Gasteiger partial charge in [-0.1, -0.05) is 24.6 Å². The maximum Gasteiger partial charge on any atom is 0.416 e. The lowest BCUT2D eigenvalue weighted by Crippen LogP contribution is -2.42. The number of carbonyl (C=O) groups is 1. The number of hydrogen-bond donors (Lipinski definition) is 1. The van der Waals surface area contributed by atoms with Gasteiger partial charge in [0.05, 0.1) is 22.7 Å². The number of nitriles is 1. The van der Waals surface area contributed by atoms with E-state index in [2.05, 4.69) is 0 Å². The summed E-state index contributed by atoms with van der Waals surface area (Å²) in [6.07, 6.45) is -4.85. The quantitative estimate of drug-likeness (QED) is 0.465. The Hall–Kier alpha value is -2.93. The molecule has 0 aromatic heterocycles. The van der Waals surface area contributed by atoms with Crippen LogP contribution in [0.25, 0.3) is 0 Å². The van der Waals surface area contributed by atoms with Crippen molar-refractivity contribution in [3.05, 3.63) is 69.4 Å². The number of hydrogen-bond acceptors (Lipinski definition) is 3. The molecule has 0 fully saturated rings. The lowest BCUT2D eigenvalue weighted by Gasteiger charge is -2.39. The third-order valence-corrected chi connectivity index (χ3v) is 6.49. The van der Waals surface area contributed by atoms with Gasteiger partial charge in [-0.2, -0.15) is 31.6 Å². The Morgan fingerprint density at radius 2 is 1.76 bits per heavy atom. The SMILES string of the molecule is CC(C1=CN(Cc2cc(C(F)(F)F)cc(C(F)(F)F)c2)C2(C)CC=CC(Cl)=C12)C(C#N)C(=O)O. The van der Waals surface area contributed by atoms with E-state index in [-0.39, 0.29) is 23.2 Å². The van der Waals surface area contributed by atoms with E-state index < -0.39 is 46.8 Å². The van der Waals surface area contributed by atoms with Crippen molar-refractivity contribution < 1.29 is 36.2 Å². The molecule has 182 valence electrons. The predicted molar refractivity (Wildman–Crippen MR) is 111 cm³/mol. The molecule has 34 heavy (non-hydrogen) atoms. The van der Waals surface area contributed by atoms with Gasteiger partial charge in [-0.05, 0) is 48.8 Å². The number of allylic oxidation sites excluding steroid dienone is 2. The maximum absolute atomic E-state index is 13.3. The minimum Gasteiger partial charge on any atom is -0.480 e. The molecule has 0 saturated carbocycles. The zero-order valence-corrected chi connectivity index (χ0v) is 18.7. The summed E-state index contributed by atoms with van der Waals surface area (Å²) in [4.78, 5) is 13.1. The fraction of sp³-hybridized carbons (Fsp3) is 0.391. The van der Waals surface area contributed by atoms with Gasteiger partial charge in [0.15, 0.2) is 5.92 Å².